The molecule has 6 nitrogen and oxygen atoms in total. The molecule has 0 unspecified atom stereocenters. The molecule has 3 rings (SSSR count). The number of thiophene rings is 1. The summed E-state index contributed by atoms with van der Waals surface area (Å²) in [4.78, 5) is 17.1. The number of nitrogens with zero attached hydrogens (tertiary/aromatic N) is 5. The topological polar surface area (TPSA) is 77.7 Å². The smallest absolute Gasteiger partial charge is 0.230 e. The minimum absolute atomic E-state index is 0.559. The van der Waals surface area contributed by atoms with Crippen molar-refractivity contribution in [3.63, 3.8) is 0 Å². The zero-order valence-electron chi connectivity index (χ0n) is 11.1. The first-order valence-corrected chi connectivity index (χ1v) is 7.31. The van der Waals surface area contributed by atoms with Crippen molar-refractivity contribution in [2.24, 2.45) is 0 Å². The Morgan fingerprint density at radius 3 is 2.70 bits per heavy atom. The number of anilines is 2. The van der Waals surface area contributed by atoms with E-state index in [1.807, 2.05) is 6.07 Å². The van der Waals surface area contributed by atoms with Gasteiger partial charge >= 0.3 is 0 Å². The lowest BCUT2D eigenvalue weighted by atomic mass is 10.4. The number of aromatic nitrogens is 3. The SMILES string of the molecule is CNc1nc(-c2ccc(C#N)s2)nc(N2CCCC2)n1. The molecular weight excluding hydrogens is 272 g/mol. The van der Waals surface area contributed by atoms with Crippen LogP contribution in [0.15, 0.2) is 12.1 Å². The van der Waals surface area contributed by atoms with Gasteiger partial charge in [0.2, 0.25) is 11.9 Å². The van der Waals surface area contributed by atoms with Gasteiger partial charge in [-0.25, -0.2) is 0 Å². The van der Waals surface area contributed by atoms with E-state index >= 15 is 0 Å². The molecule has 1 fully saturated rings. The van der Waals surface area contributed by atoms with E-state index in [0.29, 0.717) is 22.6 Å². The molecule has 1 saturated heterocycles. The second-order valence-corrected chi connectivity index (χ2v) is 5.59. The molecule has 0 bridgehead atoms. The molecule has 7 heteroatoms. The van der Waals surface area contributed by atoms with Gasteiger partial charge in [-0.3, -0.25) is 0 Å². The Morgan fingerprint density at radius 1 is 1.25 bits per heavy atom. The first kappa shape index (κ1) is 12.8. The van der Waals surface area contributed by atoms with E-state index in [1.54, 1.807) is 13.1 Å². The Labute approximate surface area is 121 Å². The average Bonchev–Trinajstić information content (AvgIpc) is 3.17. The number of rotatable bonds is 3. The van der Waals surface area contributed by atoms with Gasteiger partial charge in [0.25, 0.3) is 0 Å². The highest BCUT2D eigenvalue weighted by molar-refractivity contribution is 7.15. The molecule has 20 heavy (non-hydrogen) atoms. The van der Waals surface area contributed by atoms with Crippen LogP contribution in [0.3, 0.4) is 0 Å². The molecule has 0 aromatic carbocycles. The van der Waals surface area contributed by atoms with E-state index in [4.69, 9.17) is 5.26 Å². The zero-order valence-corrected chi connectivity index (χ0v) is 11.9. The summed E-state index contributed by atoms with van der Waals surface area (Å²) < 4.78 is 0. The molecular formula is C13H14N6S. The number of nitrogens with one attached hydrogen (secondary N) is 1. The first-order chi connectivity index (χ1) is 9.80. The third-order valence-electron chi connectivity index (χ3n) is 3.17. The summed E-state index contributed by atoms with van der Waals surface area (Å²) in [7, 11) is 1.79. The van der Waals surface area contributed by atoms with E-state index < -0.39 is 0 Å². The Balaban J connectivity index is 2.01. The molecule has 0 amide bonds. The van der Waals surface area contributed by atoms with Gasteiger partial charge < -0.3 is 10.2 Å². The van der Waals surface area contributed by atoms with E-state index in [1.165, 1.54) is 24.2 Å². The second kappa shape index (κ2) is 5.43. The van der Waals surface area contributed by atoms with Crippen molar-refractivity contribution < 1.29 is 0 Å². The third kappa shape index (κ3) is 2.42. The van der Waals surface area contributed by atoms with Crippen molar-refractivity contribution in [1.82, 2.24) is 15.0 Å². The predicted molar refractivity (Wildman–Crippen MR) is 78.8 cm³/mol. The van der Waals surface area contributed by atoms with Gasteiger partial charge in [0, 0.05) is 20.1 Å². The minimum Gasteiger partial charge on any atom is -0.357 e. The molecule has 0 radical (unpaired) electrons. The van der Waals surface area contributed by atoms with Gasteiger partial charge in [-0.15, -0.1) is 11.3 Å². The highest BCUT2D eigenvalue weighted by atomic mass is 32.1. The van der Waals surface area contributed by atoms with E-state index in [0.717, 1.165) is 18.0 Å². The van der Waals surface area contributed by atoms with Gasteiger partial charge in [0.1, 0.15) is 10.9 Å². The molecule has 1 N–H and O–H groups in total. The molecule has 2 aromatic heterocycles. The predicted octanol–water partition coefficient (Wildman–Crippen LogP) is 2.11. The highest BCUT2D eigenvalue weighted by Crippen LogP contribution is 2.27. The molecule has 3 heterocycles. The summed E-state index contributed by atoms with van der Waals surface area (Å²) in [6.45, 7) is 1.97. The number of nitriles is 1. The Morgan fingerprint density at radius 2 is 2.05 bits per heavy atom. The minimum atomic E-state index is 0.559. The van der Waals surface area contributed by atoms with Crippen LogP contribution in [0.5, 0.6) is 0 Å². The molecule has 1 aliphatic heterocycles. The van der Waals surface area contributed by atoms with Gasteiger partial charge in [-0.2, -0.15) is 20.2 Å². The van der Waals surface area contributed by atoms with E-state index in [2.05, 4.69) is 31.2 Å². The Bertz CT molecular complexity index is 653. The van der Waals surface area contributed by atoms with Crippen molar-refractivity contribution >= 4 is 23.2 Å². The van der Waals surface area contributed by atoms with E-state index in [-0.39, 0.29) is 0 Å². The van der Waals surface area contributed by atoms with Crippen LogP contribution in [0.2, 0.25) is 0 Å². The summed E-state index contributed by atoms with van der Waals surface area (Å²) in [5, 5.41) is 11.9. The standard InChI is InChI=1S/C13H14N6S/c1-15-12-16-11(10-5-4-9(8-14)20-10)17-13(18-12)19-6-2-3-7-19/h4-5H,2-3,6-7H2,1H3,(H,15,16,17,18). The fourth-order valence-electron chi connectivity index (χ4n) is 2.16. The number of hydrogen-bond donors (Lipinski definition) is 1. The van der Waals surface area contributed by atoms with Gasteiger partial charge in [-0.05, 0) is 25.0 Å². The van der Waals surface area contributed by atoms with Crippen molar-refractivity contribution in [2.75, 3.05) is 30.4 Å². The zero-order chi connectivity index (χ0) is 13.9. The van der Waals surface area contributed by atoms with Crippen LogP contribution in [-0.2, 0) is 0 Å². The summed E-state index contributed by atoms with van der Waals surface area (Å²) in [5.74, 6) is 1.89. The third-order valence-corrected chi connectivity index (χ3v) is 4.16. The molecule has 0 spiro atoms. The first-order valence-electron chi connectivity index (χ1n) is 6.49. The quantitative estimate of drug-likeness (QED) is 0.931. The maximum atomic E-state index is 8.91. The molecule has 2 aromatic rings. The average molecular weight is 286 g/mol. The monoisotopic (exact) mass is 286 g/mol. The lowest BCUT2D eigenvalue weighted by Crippen LogP contribution is -2.21. The molecule has 102 valence electrons. The Kier molecular flexibility index (Phi) is 3.48. The number of hydrogen-bond acceptors (Lipinski definition) is 7. The van der Waals surface area contributed by atoms with Gasteiger partial charge in [0.15, 0.2) is 5.82 Å². The molecule has 0 atom stereocenters. The van der Waals surface area contributed by atoms with E-state index in [9.17, 15) is 0 Å². The van der Waals surface area contributed by atoms with Crippen LogP contribution >= 0.6 is 11.3 Å². The summed E-state index contributed by atoms with van der Waals surface area (Å²) in [5.41, 5.74) is 0. The van der Waals surface area contributed by atoms with Crippen molar-refractivity contribution in [3.05, 3.63) is 17.0 Å². The normalized spacial score (nSPS) is 14.3. The van der Waals surface area contributed by atoms with Crippen LogP contribution in [0.25, 0.3) is 10.7 Å². The fourth-order valence-corrected chi connectivity index (χ4v) is 2.90. The van der Waals surface area contributed by atoms with Crippen LogP contribution in [0.1, 0.15) is 17.7 Å². The lowest BCUT2D eigenvalue weighted by Gasteiger charge is -2.16. The van der Waals surface area contributed by atoms with Crippen LogP contribution in [-0.4, -0.2) is 35.1 Å². The highest BCUT2D eigenvalue weighted by Gasteiger charge is 2.18. The molecule has 0 saturated carbocycles. The fraction of sp³-hybridized carbons (Fsp3) is 0.385. The maximum absolute atomic E-state index is 8.91. The van der Waals surface area contributed by atoms with Crippen molar-refractivity contribution in [1.29, 1.82) is 5.26 Å². The Hall–Kier alpha value is -2.20. The van der Waals surface area contributed by atoms with Crippen molar-refractivity contribution in [3.8, 4) is 16.8 Å². The van der Waals surface area contributed by atoms with Crippen molar-refractivity contribution in [2.45, 2.75) is 12.8 Å². The second-order valence-electron chi connectivity index (χ2n) is 4.50. The molecule has 1 aliphatic rings. The largest absolute Gasteiger partial charge is 0.357 e. The summed E-state index contributed by atoms with van der Waals surface area (Å²) in [6, 6.07) is 5.81. The van der Waals surface area contributed by atoms with Crippen LogP contribution in [0, 0.1) is 11.3 Å². The lowest BCUT2D eigenvalue weighted by molar-refractivity contribution is 0.885. The van der Waals surface area contributed by atoms with Crippen LogP contribution < -0.4 is 10.2 Å². The van der Waals surface area contributed by atoms with Gasteiger partial charge in [-0.1, -0.05) is 0 Å². The summed E-state index contributed by atoms with van der Waals surface area (Å²) in [6.07, 6.45) is 2.35. The summed E-state index contributed by atoms with van der Waals surface area (Å²) >= 11 is 1.40. The van der Waals surface area contributed by atoms with Gasteiger partial charge in [0.05, 0.1) is 4.88 Å². The maximum Gasteiger partial charge on any atom is 0.230 e. The molecule has 0 aliphatic carbocycles. The van der Waals surface area contributed by atoms with Crippen LogP contribution in [0.4, 0.5) is 11.9 Å².